The fraction of sp³-hybridized carbons (Fsp3) is 0.941. The van der Waals surface area contributed by atoms with Crippen LogP contribution in [0, 0.1) is 5.41 Å². The molecule has 1 heterocycles. The van der Waals surface area contributed by atoms with Crippen LogP contribution >= 0.6 is 0 Å². The molecule has 1 amide bonds. The number of likely N-dealkylation sites (tertiary alicyclic amines) is 1. The van der Waals surface area contributed by atoms with Crippen LogP contribution in [0.25, 0.3) is 0 Å². The van der Waals surface area contributed by atoms with Gasteiger partial charge in [0.15, 0.2) is 0 Å². The number of hydrogen-bond acceptors (Lipinski definition) is 2. The van der Waals surface area contributed by atoms with E-state index in [0.29, 0.717) is 5.41 Å². The van der Waals surface area contributed by atoms with E-state index in [1.165, 1.54) is 6.42 Å². The molecule has 1 saturated heterocycles. The lowest BCUT2D eigenvalue weighted by Gasteiger charge is -2.39. The van der Waals surface area contributed by atoms with Crippen molar-refractivity contribution in [2.24, 2.45) is 5.41 Å². The summed E-state index contributed by atoms with van der Waals surface area (Å²) in [4.78, 5) is 14.1. The highest BCUT2D eigenvalue weighted by atomic mass is 19.1. The molecule has 1 unspecified atom stereocenters. The summed E-state index contributed by atoms with van der Waals surface area (Å²) in [5, 5.41) is 3.40. The number of carbonyl (C=O) groups is 1. The van der Waals surface area contributed by atoms with Gasteiger partial charge in [-0.1, -0.05) is 33.6 Å². The van der Waals surface area contributed by atoms with Gasteiger partial charge in [-0.25, -0.2) is 4.39 Å². The fourth-order valence-electron chi connectivity index (χ4n) is 2.61. The van der Waals surface area contributed by atoms with E-state index < -0.39 is 6.17 Å². The first kappa shape index (κ1) is 18.4. The molecule has 1 fully saturated rings. The van der Waals surface area contributed by atoms with Gasteiger partial charge in [-0.15, -0.1) is 0 Å². The number of nitrogens with zero attached hydrogens (tertiary/aromatic N) is 1. The van der Waals surface area contributed by atoms with Gasteiger partial charge in [0.2, 0.25) is 5.91 Å². The number of hydrogen-bond donors (Lipinski definition) is 1. The molecule has 0 aromatic heterocycles. The molecule has 1 rings (SSSR count). The standard InChI is InChI=1S/C17H33FN2O/c1-16(2,3)10-8-7-9-14(19-17(4,5)6)15(21)20-11-13(18)12-20/h13-14,19H,7-12H2,1-6H3. The van der Waals surface area contributed by atoms with Gasteiger partial charge >= 0.3 is 0 Å². The van der Waals surface area contributed by atoms with Gasteiger partial charge in [0.25, 0.3) is 0 Å². The molecule has 124 valence electrons. The molecular formula is C17H33FN2O. The van der Waals surface area contributed by atoms with Crippen molar-refractivity contribution in [1.29, 1.82) is 0 Å². The molecule has 0 spiro atoms. The zero-order chi connectivity index (χ0) is 16.3. The van der Waals surface area contributed by atoms with E-state index in [2.05, 4.69) is 46.9 Å². The predicted octanol–water partition coefficient (Wildman–Crippen LogP) is 3.53. The minimum Gasteiger partial charge on any atom is -0.335 e. The van der Waals surface area contributed by atoms with Crippen LogP contribution in [0.3, 0.4) is 0 Å². The molecule has 1 aliphatic rings. The van der Waals surface area contributed by atoms with Crippen molar-refractivity contribution in [3.05, 3.63) is 0 Å². The second-order valence-electron chi connectivity index (χ2n) is 8.59. The molecular weight excluding hydrogens is 267 g/mol. The fourth-order valence-corrected chi connectivity index (χ4v) is 2.61. The third kappa shape index (κ3) is 7.25. The van der Waals surface area contributed by atoms with Crippen molar-refractivity contribution in [3.63, 3.8) is 0 Å². The van der Waals surface area contributed by atoms with Crippen molar-refractivity contribution in [2.45, 2.75) is 85.0 Å². The molecule has 0 bridgehead atoms. The summed E-state index contributed by atoms with van der Waals surface area (Å²) in [6.07, 6.45) is 3.33. The summed E-state index contributed by atoms with van der Waals surface area (Å²) in [6.45, 7) is 13.5. The van der Waals surface area contributed by atoms with Crippen molar-refractivity contribution < 1.29 is 9.18 Å². The predicted molar refractivity (Wildman–Crippen MR) is 86.1 cm³/mol. The first-order valence-electron chi connectivity index (χ1n) is 8.18. The van der Waals surface area contributed by atoms with Crippen molar-refractivity contribution >= 4 is 5.91 Å². The largest absolute Gasteiger partial charge is 0.335 e. The number of amides is 1. The average molecular weight is 300 g/mol. The summed E-state index contributed by atoms with van der Waals surface area (Å²) in [5.41, 5.74) is 0.236. The Kier molecular flexibility index (Phi) is 6.21. The van der Waals surface area contributed by atoms with Crippen molar-refractivity contribution in [2.75, 3.05) is 13.1 Å². The molecule has 3 nitrogen and oxygen atoms in total. The van der Waals surface area contributed by atoms with Crippen LogP contribution in [0.4, 0.5) is 4.39 Å². The number of unbranched alkanes of at least 4 members (excludes halogenated alkanes) is 1. The Labute approximate surface area is 129 Å². The summed E-state index contributed by atoms with van der Waals surface area (Å²) in [5.74, 6) is 0.0644. The maximum Gasteiger partial charge on any atom is 0.239 e. The summed E-state index contributed by atoms with van der Waals surface area (Å²) in [6, 6.07) is -0.183. The lowest BCUT2D eigenvalue weighted by molar-refractivity contribution is -0.141. The summed E-state index contributed by atoms with van der Waals surface area (Å²) < 4.78 is 13.0. The highest BCUT2D eigenvalue weighted by Gasteiger charge is 2.35. The molecule has 0 radical (unpaired) electrons. The molecule has 0 aliphatic carbocycles. The zero-order valence-electron chi connectivity index (χ0n) is 14.6. The van der Waals surface area contributed by atoms with E-state index in [9.17, 15) is 9.18 Å². The lowest BCUT2D eigenvalue weighted by atomic mass is 9.89. The summed E-state index contributed by atoms with van der Waals surface area (Å²) >= 11 is 0. The Balaban J connectivity index is 2.47. The third-order valence-electron chi connectivity index (χ3n) is 3.72. The van der Waals surface area contributed by atoms with Gasteiger partial charge in [-0.2, -0.15) is 0 Å². The minimum atomic E-state index is -0.829. The van der Waals surface area contributed by atoms with Crippen LogP contribution in [-0.4, -0.2) is 41.6 Å². The molecule has 1 atom stereocenters. The zero-order valence-corrected chi connectivity index (χ0v) is 14.6. The monoisotopic (exact) mass is 300 g/mol. The van der Waals surface area contributed by atoms with E-state index in [0.717, 1.165) is 19.3 Å². The van der Waals surface area contributed by atoms with Crippen LogP contribution < -0.4 is 5.32 Å². The Morgan fingerprint density at radius 3 is 2.19 bits per heavy atom. The number of nitrogens with one attached hydrogen (secondary N) is 1. The number of halogens is 1. The Bertz CT molecular complexity index is 338. The van der Waals surface area contributed by atoms with E-state index in [-0.39, 0.29) is 30.6 Å². The Morgan fingerprint density at radius 2 is 1.76 bits per heavy atom. The molecule has 0 aromatic rings. The van der Waals surface area contributed by atoms with Crippen LogP contribution in [0.5, 0.6) is 0 Å². The lowest BCUT2D eigenvalue weighted by Crippen LogP contribution is -2.59. The minimum absolute atomic E-state index is 0.0644. The van der Waals surface area contributed by atoms with Crippen LogP contribution in [0.2, 0.25) is 0 Å². The maximum atomic E-state index is 13.0. The second-order valence-corrected chi connectivity index (χ2v) is 8.59. The topological polar surface area (TPSA) is 32.3 Å². The van der Waals surface area contributed by atoms with Crippen LogP contribution in [0.1, 0.15) is 67.2 Å². The molecule has 0 aromatic carbocycles. The number of alkyl halides is 1. The third-order valence-corrected chi connectivity index (χ3v) is 3.72. The molecule has 0 saturated carbocycles. The Morgan fingerprint density at radius 1 is 1.19 bits per heavy atom. The normalized spacial score (nSPS) is 18.5. The van der Waals surface area contributed by atoms with Crippen molar-refractivity contribution in [1.82, 2.24) is 10.2 Å². The first-order chi connectivity index (χ1) is 9.48. The highest BCUT2D eigenvalue weighted by molar-refractivity contribution is 5.82. The summed E-state index contributed by atoms with van der Waals surface area (Å²) in [7, 11) is 0. The van der Waals surface area contributed by atoms with Gasteiger partial charge in [0.05, 0.1) is 19.1 Å². The quantitative estimate of drug-likeness (QED) is 0.761. The highest BCUT2D eigenvalue weighted by Crippen LogP contribution is 2.23. The van der Waals surface area contributed by atoms with E-state index >= 15 is 0 Å². The van der Waals surface area contributed by atoms with Gasteiger partial charge < -0.3 is 10.2 Å². The first-order valence-corrected chi connectivity index (χ1v) is 8.18. The van der Waals surface area contributed by atoms with Crippen LogP contribution in [0.15, 0.2) is 0 Å². The second kappa shape index (κ2) is 7.08. The van der Waals surface area contributed by atoms with Gasteiger partial charge in [0.1, 0.15) is 6.17 Å². The van der Waals surface area contributed by atoms with E-state index in [1.807, 2.05) is 0 Å². The molecule has 4 heteroatoms. The number of carbonyl (C=O) groups excluding carboxylic acids is 1. The van der Waals surface area contributed by atoms with Crippen LogP contribution in [-0.2, 0) is 4.79 Å². The Hall–Kier alpha value is -0.640. The maximum absolute atomic E-state index is 13.0. The van der Waals surface area contributed by atoms with E-state index in [4.69, 9.17) is 0 Å². The number of rotatable bonds is 6. The van der Waals surface area contributed by atoms with E-state index in [1.54, 1.807) is 4.90 Å². The molecule has 1 N–H and O–H groups in total. The SMILES string of the molecule is CC(C)(C)CCCCC(NC(C)(C)C)C(=O)N1CC(F)C1. The average Bonchev–Trinajstić information content (AvgIpc) is 2.25. The smallest absolute Gasteiger partial charge is 0.239 e. The van der Waals surface area contributed by atoms with Crippen molar-refractivity contribution in [3.8, 4) is 0 Å². The van der Waals surface area contributed by atoms with Gasteiger partial charge in [-0.3, -0.25) is 4.79 Å². The van der Waals surface area contributed by atoms with Gasteiger partial charge in [-0.05, 0) is 39.0 Å². The van der Waals surface area contributed by atoms with Gasteiger partial charge in [0, 0.05) is 5.54 Å². The molecule has 21 heavy (non-hydrogen) atoms. The molecule has 1 aliphatic heterocycles.